The van der Waals surface area contributed by atoms with Crippen LogP contribution in [0, 0.1) is 5.92 Å². The highest BCUT2D eigenvalue weighted by molar-refractivity contribution is 5.87. The van der Waals surface area contributed by atoms with Gasteiger partial charge in [0.05, 0.1) is 25.7 Å². The number of hydrogen-bond donors (Lipinski definition) is 5. The average molecular weight is 431 g/mol. The summed E-state index contributed by atoms with van der Waals surface area (Å²) in [6.45, 7) is 3.44. The zero-order chi connectivity index (χ0) is 22.8. The third-order valence-electron chi connectivity index (χ3n) is 5.20. The molecule has 0 saturated carbocycles. The maximum atomic E-state index is 11.8. The molecule has 0 aliphatic carbocycles. The van der Waals surface area contributed by atoms with Crippen molar-refractivity contribution >= 4 is 17.8 Å². The molecule has 176 valence electrons. The summed E-state index contributed by atoms with van der Waals surface area (Å²) in [5.74, 6) is -1.69. The molecular formula is C22H42N2O6. The van der Waals surface area contributed by atoms with E-state index in [0.29, 0.717) is 6.42 Å². The average Bonchev–Trinajstić information content (AvgIpc) is 2.69. The van der Waals surface area contributed by atoms with Gasteiger partial charge in [-0.25, -0.2) is 4.79 Å². The lowest BCUT2D eigenvalue weighted by Gasteiger charge is -2.13. The van der Waals surface area contributed by atoms with Crippen molar-refractivity contribution < 1.29 is 29.7 Å². The number of unbranched alkanes of at least 4 members (excludes halogenated alkanes) is 6. The largest absolute Gasteiger partial charge is 0.480 e. The van der Waals surface area contributed by atoms with Gasteiger partial charge in [-0.05, 0) is 12.3 Å². The van der Waals surface area contributed by atoms with E-state index >= 15 is 0 Å². The Hall–Kier alpha value is -1.67. The van der Waals surface area contributed by atoms with Crippen LogP contribution in [-0.4, -0.2) is 58.4 Å². The summed E-state index contributed by atoms with van der Waals surface area (Å²) in [7, 11) is 0. The van der Waals surface area contributed by atoms with Gasteiger partial charge in [0.1, 0.15) is 6.04 Å². The van der Waals surface area contributed by atoms with Gasteiger partial charge in [-0.15, -0.1) is 0 Å². The van der Waals surface area contributed by atoms with E-state index in [0.717, 1.165) is 25.2 Å². The Morgan fingerprint density at radius 2 is 1.43 bits per heavy atom. The van der Waals surface area contributed by atoms with E-state index in [2.05, 4.69) is 24.5 Å². The first-order valence-corrected chi connectivity index (χ1v) is 11.4. The molecule has 8 heteroatoms. The number of carboxylic acid groups (broad SMARTS) is 1. The van der Waals surface area contributed by atoms with Gasteiger partial charge in [0.25, 0.3) is 0 Å². The Kier molecular flexibility index (Phi) is 17.1. The van der Waals surface area contributed by atoms with Gasteiger partial charge in [-0.3, -0.25) is 9.59 Å². The summed E-state index contributed by atoms with van der Waals surface area (Å²) in [5, 5.41) is 31.9. The van der Waals surface area contributed by atoms with Gasteiger partial charge in [-0.1, -0.05) is 78.1 Å². The van der Waals surface area contributed by atoms with Crippen LogP contribution in [0.4, 0.5) is 0 Å². The molecular weight excluding hydrogens is 388 g/mol. The summed E-state index contributed by atoms with van der Waals surface area (Å²) in [6.07, 6.45) is 11.7. The first-order chi connectivity index (χ1) is 14.3. The van der Waals surface area contributed by atoms with Crippen molar-refractivity contribution in [3.05, 3.63) is 0 Å². The quantitative estimate of drug-likeness (QED) is 0.200. The van der Waals surface area contributed by atoms with Crippen LogP contribution in [0.1, 0.15) is 90.9 Å². The highest BCUT2D eigenvalue weighted by Crippen LogP contribution is 2.16. The minimum absolute atomic E-state index is 0.0917. The highest BCUT2D eigenvalue weighted by Gasteiger charge is 2.19. The van der Waals surface area contributed by atoms with E-state index in [1.165, 1.54) is 44.9 Å². The molecule has 0 rings (SSSR count). The van der Waals surface area contributed by atoms with E-state index in [1.54, 1.807) is 0 Å². The first kappa shape index (κ1) is 28.3. The summed E-state index contributed by atoms with van der Waals surface area (Å²) in [5.41, 5.74) is 0. The van der Waals surface area contributed by atoms with Gasteiger partial charge in [0.2, 0.25) is 11.8 Å². The molecule has 0 aromatic rings. The number of aliphatic hydroxyl groups is 2. The van der Waals surface area contributed by atoms with E-state index < -0.39 is 43.1 Å². The fraction of sp³-hybridized carbons (Fsp3) is 0.864. The summed E-state index contributed by atoms with van der Waals surface area (Å²) < 4.78 is 0. The fourth-order valence-electron chi connectivity index (χ4n) is 3.39. The van der Waals surface area contributed by atoms with Crippen molar-refractivity contribution in [2.45, 2.75) is 103 Å². The number of rotatable bonds is 19. The summed E-state index contributed by atoms with van der Waals surface area (Å²) in [6, 6.07) is -1.40. The van der Waals surface area contributed by atoms with Crippen LogP contribution in [0.25, 0.3) is 0 Å². The Labute approximate surface area is 180 Å². The third kappa shape index (κ3) is 16.2. The molecule has 0 spiro atoms. The number of carbonyl (C=O) groups is 3. The number of amides is 2. The van der Waals surface area contributed by atoms with Crippen molar-refractivity contribution in [3.8, 4) is 0 Å². The van der Waals surface area contributed by atoms with Crippen LogP contribution in [0.2, 0.25) is 0 Å². The second-order valence-electron chi connectivity index (χ2n) is 8.22. The van der Waals surface area contributed by atoms with E-state index in [-0.39, 0.29) is 6.42 Å². The number of carboxylic acids is 1. The Bertz CT molecular complexity index is 486. The van der Waals surface area contributed by atoms with Crippen molar-refractivity contribution in [1.82, 2.24) is 10.6 Å². The standard InChI is InChI=1S/C22H42N2O6/c1-3-11-17(2)12-9-7-5-4-6-8-10-13-18(26)14-20(27)23-15-21(28)24-19(16-25)22(29)30/h17-19,25-26H,3-16H2,1-2H3,(H,23,27)(H,24,28)(H,29,30)/t17?,18?,19-/m0/s1. The van der Waals surface area contributed by atoms with E-state index in [4.69, 9.17) is 10.2 Å². The summed E-state index contributed by atoms with van der Waals surface area (Å²) >= 11 is 0. The minimum atomic E-state index is -1.40. The van der Waals surface area contributed by atoms with E-state index in [1.807, 2.05) is 0 Å². The zero-order valence-electron chi connectivity index (χ0n) is 18.7. The molecule has 0 aliphatic heterocycles. The van der Waals surface area contributed by atoms with Crippen molar-refractivity contribution in [2.75, 3.05) is 13.2 Å². The Morgan fingerprint density at radius 3 is 1.97 bits per heavy atom. The van der Waals surface area contributed by atoms with Crippen LogP contribution in [0.15, 0.2) is 0 Å². The van der Waals surface area contributed by atoms with Crippen LogP contribution < -0.4 is 10.6 Å². The van der Waals surface area contributed by atoms with E-state index in [9.17, 15) is 19.5 Å². The SMILES string of the molecule is CCCC(C)CCCCCCCCCC(O)CC(=O)NCC(=O)N[C@@H](CO)C(=O)O. The third-order valence-corrected chi connectivity index (χ3v) is 5.20. The maximum absolute atomic E-state index is 11.8. The van der Waals surface area contributed by atoms with Crippen molar-refractivity contribution in [1.29, 1.82) is 0 Å². The Balaban J connectivity index is 3.65. The molecule has 0 heterocycles. The number of nitrogens with one attached hydrogen (secondary N) is 2. The molecule has 2 amide bonds. The second-order valence-corrected chi connectivity index (χ2v) is 8.22. The van der Waals surface area contributed by atoms with Gasteiger partial charge in [0, 0.05) is 0 Å². The Morgan fingerprint density at radius 1 is 0.867 bits per heavy atom. The summed E-state index contributed by atoms with van der Waals surface area (Å²) in [4.78, 5) is 34.0. The van der Waals surface area contributed by atoms with Gasteiger partial charge < -0.3 is 26.0 Å². The van der Waals surface area contributed by atoms with Crippen LogP contribution >= 0.6 is 0 Å². The normalized spacial score (nSPS) is 14.0. The fourth-order valence-corrected chi connectivity index (χ4v) is 3.39. The zero-order valence-corrected chi connectivity index (χ0v) is 18.7. The van der Waals surface area contributed by atoms with Gasteiger partial charge in [-0.2, -0.15) is 0 Å². The number of hydrogen-bond acceptors (Lipinski definition) is 5. The molecule has 2 unspecified atom stereocenters. The van der Waals surface area contributed by atoms with Crippen molar-refractivity contribution in [2.24, 2.45) is 5.92 Å². The van der Waals surface area contributed by atoms with Crippen LogP contribution in [0.3, 0.4) is 0 Å². The van der Waals surface area contributed by atoms with Crippen LogP contribution in [-0.2, 0) is 14.4 Å². The topological polar surface area (TPSA) is 136 Å². The number of aliphatic hydroxyl groups excluding tert-OH is 2. The predicted octanol–water partition coefficient (Wildman–Crippen LogP) is 2.36. The van der Waals surface area contributed by atoms with Gasteiger partial charge in [0.15, 0.2) is 0 Å². The molecule has 0 aromatic heterocycles. The molecule has 0 aromatic carbocycles. The lowest BCUT2D eigenvalue weighted by atomic mass is 9.98. The number of carbonyl (C=O) groups excluding carboxylic acids is 2. The monoisotopic (exact) mass is 430 g/mol. The number of aliphatic carboxylic acids is 1. The van der Waals surface area contributed by atoms with Gasteiger partial charge >= 0.3 is 5.97 Å². The second kappa shape index (κ2) is 18.1. The molecule has 5 N–H and O–H groups in total. The minimum Gasteiger partial charge on any atom is -0.480 e. The molecule has 0 radical (unpaired) electrons. The molecule has 0 aliphatic rings. The highest BCUT2D eigenvalue weighted by atomic mass is 16.4. The predicted molar refractivity (Wildman–Crippen MR) is 116 cm³/mol. The lowest BCUT2D eigenvalue weighted by molar-refractivity contribution is -0.142. The first-order valence-electron chi connectivity index (χ1n) is 11.4. The molecule has 0 fully saturated rings. The van der Waals surface area contributed by atoms with Crippen molar-refractivity contribution in [3.63, 3.8) is 0 Å². The molecule has 3 atom stereocenters. The molecule has 8 nitrogen and oxygen atoms in total. The lowest BCUT2D eigenvalue weighted by Crippen LogP contribution is -2.47. The molecule has 0 bridgehead atoms. The maximum Gasteiger partial charge on any atom is 0.328 e. The molecule has 0 saturated heterocycles. The van der Waals surface area contributed by atoms with Crippen LogP contribution in [0.5, 0.6) is 0 Å². The smallest absolute Gasteiger partial charge is 0.328 e. The molecule has 30 heavy (non-hydrogen) atoms.